The summed E-state index contributed by atoms with van der Waals surface area (Å²) in [6.45, 7) is 0.380. The van der Waals surface area contributed by atoms with E-state index in [0.717, 1.165) is 11.3 Å². The third-order valence-corrected chi connectivity index (χ3v) is 2.97. The van der Waals surface area contributed by atoms with Gasteiger partial charge in [-0.15, -0.1) is 0 Å². The molecule has 0 spiro atoms. The summed E-state index contributed by atoms with van der Waals surface area (Å²) >= 11 is 0. The molecule has 0 fully saturated rings. The van der Waals surface area contributed by atoms with Gasteiger partial charge in [0, 0.05) is 7.05 Å². The average molecular weight is 284 g/mol. The number of carbonyl (C=O) groups is 1. The first-order valence-electron chi connectivity index (χ1n) is 6.54. The van der Waals surface area contributed by atoms with Crippen molar-refractivity contribution < 1.29 is 13.9 Å². The lowest BCUT2D eigenvalue weighted by Crippen LogP contribution is -2.30. The highest BCUT2D eigenvalue weighted by Crippen LogP contribution is 2.13. The Hall–Kier alpha value is -2.74. The summed E-state index contributed by atoms with van der Waals surface area (Å²) in [5, 5.41) is 8.59. The Balaban J connectivity index is 1.81. The number of furan rings is 1. The highest BCUT2D eigenvalue weighted by Gasteiger charge is 2.11. The van der Waals surface area contributed by atoms with E-state index in [1.807, 2.05) is 18.2 Å². The molecule has 1 heterocycles. The maximum atomic E-state index is 11.9. The van der Waals surface area contributed by atoms with Crippen LogP contribution in [0.25, 0.3) is 0 Å². The van der Waals surface area contributed by atoms with Crippen molar-refractivity contribution in [2.75, 3.05) is 13.7 Å². The van der Waals surface area contributed by atoms with Crippen LogP contribution in [0.1, 0.15) is 11.3 Å². The SMILES string of the molecule is CN(Cc1ccco1)C(=O)COc1ccc(CC#N)cc1. The number of amides is 1. The Morgan fingerprint density at radius 3 is 2.71 bits per heavy atom. The van der Waals surface area contributed by atoms with E-state index < -0.39 is 0 Å². The molecule has 0 N–H and O–H groups in total. The van der Waals surface area contributed by atoms with Crippen LogP contribution in [-0.4, -0.2) is 24.5 Å². The van der Waals surface area contributed by atoms with Gasteiger partial charge in [-0.1, -0.05) is 12.1 Å². The van der Waals surface area contributed by atoms with Crippen molar-refractivity contribution in [1.82, 2.24) is 4.90 Å². The van der Waals surface area contributed by atoms with Crippen molar-refractivity contribution >= 4 is 5.91 Å². The van der Waals surface area contributed by atoms with Gasteiger partial charge in [-0.25, -0.2) is 0 Å². The first-order valence-corrected chi connectivity index (χ1v) is 6.54. The smallest absolute Gasteiger partial charge is 0.260 e. The number of nitrogens with zero attached hydrogens (tertiary/aromatic N) is 2. The summed E-state index contributed by atoms with van der Waals surface area (Å²) in [5.74, 6) is 1.20. The molecule has 5 nitrogen and oxygen atoms in total. The minimum atomic E-state index is -0.132. The molecule has 0 aliphatic carbocycles. The topological polar surface area (TPSA) is 66.5 Å². The maximum absolute atomic E-state index is 11.9. The van der Waals surface area contributed by atoms with Crippen LogP contribution in [0.15, 0.2) is 47.1 Å². The zero-order chi connectivity index (χ0) is 15.1. The molecule has 0 aliphatic heterocycles. The average Bonchev–Trinajstić information content (AvgIpc) is 2.99. The number of nitriles is 1. The van der Waals surface area contributed by atoms with Crippen LogP contribution in [0.5, 0.6) is 5.75 Å². The van der Waals surface area contributed by atoms with Gasteiger partial charge >= 0.3 is 0 Å². The molecule has 0 unspecified atom stereocenters. The number of benzene rings is 1. The van der Waals surface area contributed by atoms with E-state index in [9.17, 15) is 4.79 Å². The summed E-state index contributed by atoms with van der Waals surface area (Å²) in [5.41, 5.74) is 0.922. The summed E-state index contributed by atoms with van der Waals surface area (Å²) in [4.78, 5) is 13.5. The van der Waals surface area contributed by atoms with E-state index in [0.29, 0.717) is 18.7 Å². The van der Waals surface area contributed by atoms with E-state index in [-0.39, 0.29) is 12.5 Å². The van der Waals surface area contributed by atoms with E-state index >= 15 is 0 Å². The molecule has 1 amide bonds. The number of rotatable bonds is 6. The van der Waals surface area contributed by atoms with Gasteiger partial charge in [0.2, 0.25) is 0 Å². The Kier molecular flexibility index (Phi) is 4.99. The van der Waals surface area contributed by atoms with Gasteiger partial charge in [0.25, 0.3) is 5.91 Å². The fourth-order valence-electron chi connectivity index (χ4n) is 1.77. The van der Waals surface area contributed by atoms with Gasteiger partial charge in [0.05, 0.1) is 25.3 Å². The Labute approximate surface area is 123 Å². The molecule has 0 saturated heterocycles. The largest absolute Gasteiger partial charge is 0.484 e. The molecular weight excluding hydrogens is 268 g/mol. The summed E-state index contributed by atoms with van der Waals surface area (Å²) < 4.78 is 10.6. The second-order valence-electron chi connectivity index (χ2n) is 4.60. The van der Waals surface area contributed by atoms with Crippen LogP contribution in [0, 0.1) is 11.3 Å². The van der Waals surface area contributed by atoms with Gasteiger partial charge in [0.1, 0.15) is 11.5 Å². The first kappa shape index (κ1) is 14.7. The molecule has 108 valence electrons. The Morgan fingerprint density at radius 2 is 2.10 bits per heavy atom. The second-order valence-corrected chi connectivity index (χ2v) is 4.60. The third kappa shape index (κ3) is 4.39. The minimum absolute atomic E-state index is 0.0329. The molecule has 0 aliphatic rings. The van der Waals surface area contributed by atoms with E-state index in [2.05, 4.69) is 6.07 Å². The van der Waals surface area contributed by atoms with Crippen LogP contribution in [0.4, 0.5) is 0 Å². The quantitative estimate of drug-likeness (QED) is 0.817. The monoisotopic (exact) mass is 284 g/mol. The molecule has 1 aromatic heterocycles. The van der Waals surface area contributed by atoms with Gasteiger partial charge < -0.3 is 14.1 Å². The van der Waals surface area contributed by atoms with Crippen LogP contribution in [-0.2, 0) is 17.8 Å². The van der Waals surface area contributed by atoms with E-state index in [1.165, 1.54) is 0 Å². The molecule has 0 radical (unpaired) electrons. The number of carbonyl (C=O) groups excluding carboxylic acids is 1. The van der Waals surface area contributed by atoms with Gasteiger partial charge in [-0.3, -0.25) is 4.79 Å². The number of likely N-dealkylation sites (N-methyl/N-ethyl adjacent to an activating group) is 1. The standard InChI is InChI=1S/C16H16N2O3/c1-18(11-15-3-2-10-20-15)16(19)12-21-14-6-4-13(5-7-14)8-9-17/h2-7,10H,8,11-12H2,1H3. The van der Waals surface area contributed by atoms with Crippen LogP contribution in [0.2, 0.25) is 0 Å². The molecule has 0 saturated carbocycles. The lowest BCUT2D eigenvalue weighted by molar-refractivity contribution is -0.132. The highest BCUT2D eigenvalue weighted by atomic mass is 16.5. The highest BCUT2D eigenvalue weighted by molar-refractivity contribution is 5.77. The van der Waals surface area contributed by atoms with Crippen molar-refractivity contribution in [1.29, 1.82) is 5.26 Å². The second kappa shape index (κ2) is 7.15. The number of hydrogen-bond acceptors (Lipinski definition) is 4. The predicted octanol–water partition coefficient (Wildman–Crippen LogP) is 2.38. The van der Waals surface area contributed by atoms with E-state index in [4.69, 9.17) is 14.4 Å². The van der Waals surface area contributed by atoms with Crippen LogP contribution < -0.4 is 4.74 Å². The van der Waals surface area contributed by atoms with Gasteiger partial charge in [-0.05, 0) is 29.8 Å². The normalized spacial score (nSPS) is 9.90. The maximum Gasteiger partial charge on any atom is 0.260 e. The van der Waals surface area contributed by atoms with Crippen LogP contribution >= 0.6 is 0 Å². The lowest BCUT2D eigenvalue weighted by Gasteiger charge is -2.16. The first-order chi connectivity index (χ1) is 10.2. The molecule has 21 heavy (non-hydrogen) atoms. The minimum Gasteiger partial charge on any atom is -0.484 e. The zero-order valence-electron chi connectivity index (χ0n) is 11.8. The van der Waals surface area contributed by atoms with Crippen molar-refractivity contribution in [2.45, 2.75) is 13.0 Å². The van der Waals surface area contributed by atoms with Crippen molar-refractivity contribution in [3.63, 3.8) is 0 Å². The molecule has 0 bridgehead atoms. The molecule has 0 atom stereocenters. The van der Waals surface area contributed by atoms with Gasteiger partial charge in [0.15, 0.2) is 6.61 Å². The Bertz CT molecular complexity index is 612. The van der Waals surface area contributed by atoms with Gasteiger partial charge in [-0.2, -0.15) is 5.26 Å². The molecule has 1 aromatic carbocycles. The number of hydrogen-bond donors (Lipinski definition) is 0. The third-order valence-electron chi connectivity index (χ3n) is 2.97. The Morgan fingerprint density at radius 1 is 1.33 bits per heavy atom. The predicted molar refractivity (Wildman–Crippen MR) is 76.4 cm³/mol. The van der Waals surface area contributed by atoms with Crippen LogP contribution in [0.3, 0.4) is 0 Å². The summed E-state index contributed by atoms with van der Waals surface area (Å²) in [6.07, 6.45) is 1.94. The van der Waals surface area contributed by atoms with Crippen molar-refractivity contribution in [2.24, 2.45) is 0 Å². The molecule has 2 aromatic rings. The summed E-state index contributed by atoms with van der Waals surface area (Å²) in [7, 11) is 1.70. The molecule has 2 rings (SSSR count). The molecule has 5 heteroatoms. The summed E-state index contributed by atoms with van der Waals surface area (Å²) in [6, 6.07) is 12.8. The van der Waals surface area contributed by atoms with Crippen molar-refractivity contribution in [3.8, 4) is 11.8 Å². The van der Waals surface area contributed by atoms with Crippen molar-refractivity contribution in [3.05, 3.63) is 54.0 Å². The fourth-order valence-corrected chi connectivity index (χ4v) is 1.77. The van der Waals surface area contributed by atoms with E-state index in [1.54, 1.807) is 36.4 Å². The lowest BCUT2D eigenvalue weighted by atomic mass is 10.2. The fraction of sp³-hybridized carbons (Fsp3) is 0.250. The molecular formula is C16H16N2O3. The zero-order valence-corrected chi connectivity index (χ0v) is 11.8. The number of ether oxygens (including phenoxy) is 1.